The van der Waals surface area contributed by atoms with Crippen LogP contribution in [0.4, 0.5) is 0 Å². The first-order valence-electron chi connectivity index (χ1n) is 2.77. The van der Waals surface area contributed by atoms with E-state index < -0.39 is 0 Å². The fourth-order valence-electron chi connectivity index (χ4n) is 0.661. The second-order valence-corrected chi connectivity index (χ2v) is 1.88. The van der Waals surface area contributed by atoms with E-state index in [9.17, 15) is 4.79 Å². The Morgan fingerprint density at radius 2 is 2.44 bits per heavy atom. The highest BCUT2D eigenvalue weighted by Gasteiger charge is 1.90. The van der Waals surface area contributed by atoms with Crippen molar-refractivity contribution >= 4 is 6.29 Å². The Labute approximate surface area is 54.3 Å². The molecule has 1 aromatic carbocycles. The summed E-state index contributed by atoms with van der Waals surface area (Å²) in [7, 11) is 0. The van der Waals surface area contributed by atoms with E-state index in [1.165, 1.54) is 0 Å². The first kappa shape index (κ1) is 6.02. The highest BCUT2D eigenvalue weighted by Crippen LogP contribution is 2.01. The Morgan fingerprint density at radius 3 is 2.89 bits per heavy atom. The largest absolute Gasteiger partial charge is 0.298 e. The van der Waals surface area contributed by atoms with Crippen molar-refractivity contribution in [2.24, 2.45) is 0 Å². The lowest BCUT2D eigenvalue weighted by atomic mass is 10.1. The summed E-state index contributed by atoms with van der Waals surface area (Å²) in [4.78, 5) is 10.2. The fraction of sp³-hybridized carbons (Fsp3) is 0.125. The number of benzene rings is 1. The van der Waals surface area contributed by atoms with E-state index in [-0.39, 0.29) is 0 Å². The Balaban J connectivity index is 3.15. The van der Waals surface area contributed by atoms with Crippen molar-refractivity contribution in [3.63, 3.8) is 0 Å². The molecule has 0 aliphatic carbocycles. The van der Waals surface area contributed by atoms with E-state index in [2.05, 4.69) is 6.07 Å². The van der Waals surface area contributed by atoms with Gasteiger partial charge in [-0.1, -0.05) is 18.2 Å². The molecule has 0 N–H and O–H groups in total. The number of aldehydes is 1. The Kier molecular flexibility index (Phi) is 1.63. The summed E-state index contributed by atoms with van der Waals surface area (Å²) < 4.78 is 0. The molecular formula is C8H7O. The average Bonchev–Trinajstić information content (AvgIpc) is 1.89. The van der Waals surface area contributed by atoms with Crippen molar-refractivity contribution in [2.45, 2.75) is 6.92 Å². The molecule has 0 atom stereocenters. The fourth-order valence-corrected chi connectivity index (χ4v) is 0.661. The Hall–Kier alpha value is -1.11. The van der Waals surface area contributed by atoms with Crippen LogP contribution in [0, 0.1) is 13.0 Å². The van der Waals surface area contributed by atoms with Crippen LogP contribution < -0.4 is 0 Å². The first-order chi connectivity index (χ1) is 4.34. The highest BCUT2D eigenvalue weighted by molar-refractivity contribution is 5.76. The summed E-state index contributed by atoms with van der Waals surface area (Å²) in [5.74, 6) is 0. The second kappa shape index (κ2) is 2.44. The van der Waals surface area contributed by atoms with Crippen molar-refractivity contribution < 1.29 is 4.79 Å². The van der Waals surface area contributed by atoms with E-state index in [0.717, 1.165) is 11.8 Å². The average molecular weight is 119 g/mol. The minimum Gasteiger partial charge on any atom is -0.298 e. The molecule has 0 aliphatic heterocycles. The summed E-state index contributed by atoms with van der Waals surface area (Å²) in [6.45, 7) is 1.89. The molecule has 1 heteroatoms. The molecule has 0 fully saturated rings. The maximum absolute atomic E-state index is 10.2. The molecule has 1 radical (unpaired) electrons. The molecule has 0 aromatic heterocycles. The van der Waals surface area contributed by atoms with Crippen LogP contribution in [-0.2, 0) is 0 Å². The molecule has 1 rings (SSSR count). The van der Waals surface area contributed by atoms with Crippen molar-refractivity contribution in [2.75, 3.05) is 0 Å². The van der Waals surface area contributed by atoms with Gasteiger partial charge in [-0.15, -0.1) is 0 Å². The van der Waals surface area contributed by atoms with Crippen LogP contribution in [0.5, 0.6) is 0 Å². The number of hydrogen-bond donors (Lipinski definition) is 0. The number of carbonyl (C=O) groups excluding carboxylic acids is 1. The molecule has 0 aliphatic rings. The van der Waals surface area contributed by atoms with Gasteiger partial charge in [-0.25, -0.2) is 0 Å². The first-order valence-corrected chi connectivity index (χ1v) is 2.77. The van der Waals surface area contributed by atoms with E-state index in [4.69, 9.17) is 0 Å². The second-order valence-electron chi connectivity index (χ2n) is 1.88. The third kappa shape index (κ3) is 1.17. The highest BCUT2D eigenvalue weighted by atomic mass is 16.1. The predicted octanol–water partition coefficient (Wildman–Crippen LogP) is 1.61. The lowest BCUT2D eigenvalue weighted by Gasteiger charge is -1.91. The molecule has 1 aromatic rings. The summed E-state index contributed by atoms with van der Waals surface area (Å²) in [6, 6.07) is 8.30. The van der Waals surface area contributed by atoms with Crippen LogP contribution in [0.15, 0.2) is 18.2 Å². The van der Waals surface area contributed by atoms with Gasteiger partial charge in [0.1, 0.15) is 0 Å². The lowest BCUT2D eigenvalue weighted by molar-refractivity contribution is 0.112. The van der Waals surface area contributed by atoms with Crippen LogP contribution in [0.1, 0.15) is 15.9 Å². The predicted molar refractivity (Wildman–Crippen MR) is 35.4 cm³/mol. The molecular weight excluding hydrogens is 112 g/mol. The summed E-state index contributed by atoms with van der Waals surface area (Å²) in [5.41, 5.74) is 1.63. The minimum atomic E-state index is 0.650. The van der Waals surface area contributed by atoms with Gasteiger partial charge in [0.2, 0.25) is 0 Å². The molecule has 0 heterocycles. The quantitative estimate of drug-likeness (QED) is 0.513. The van der Waals surface area contributed by atoms with Crippen LogP contribution in [0.25, 0.3) is 0 Å². The Bertz CT molecular complexity index is 216. The van der Waals surface area contributed by atoms with Gasteiger partial charge in [-0.2, -0.15) is 0 Å². The van der Waals surface area contributed by atoms with Crippen LogP contribution in [0.3, 0.4) is 0 Å². The molecule has 0 spiro atoms. The zero-order valence-electron chi connectivity index (χ0n) is 5.22. The maximum Gasteiger partial charge on any atom is 0.150 e. The van der Waals surface area contributed by atoms with Crippen LogP contribution >= 0.6 is 0 Å². The molecule has 0 bridgehead atoms. The van der Waals surface area contributed by atoms with Gasteiger partial charge in [0.05, 0.1) is 0 Å². The smallest absolute Gasteiger partial charge is 0.150 e. The van der Waals surface area contributed by atoms with Gasteiger partial charge in [-0.05, 0) is 18.6 Å². The zero-order chi connectivity index (χ0) is 6.69. The van der Waals surface area contributed by atoms with E-state index in [0.29, 0.717) is 5.56 Å². The number of hydrogen-bond acceptors (Lipinski definition) is 1. The lowest BCUT2D eigenvalue weighted by Crippen LogP contribution is -1.82. The standard InChI is InChI=1S/C8H7O/c1-7-4-2-3-5-8(7)6-9/h2-4,6H,1H3. The van der Waals surface area contributed by atoms with Gasteiger partial charge in [0, 0.05) is 5.56 Å². The van der Waals surface area contributed by atoms with Gasteiger partial charge in [-0.3, -0.25) is 4.79 Å². The monoisotopic (exact) mass is 119 g/mol. The SMILES string of the molecule is Cc1ccc[c]c1C=O. The van der Waals surface area contributed by atoms with Gasteiger partial charge in [0.15, 0.2) is 6.29 Å². The molecule has 0 amide bonds. The van der Waals surface area contributed by atoms with Crippen LogP contribution in [-0.4, -0.2) is 6.29 Å². The molecule has 45 valence electrons. The molecule has 9 heavy (non-hydrogen) atoms. The molecule has 0 saturated heterocycles. The van der Waals surface area contributed by atoms with Crippen molar-refractivity contribution in [1.82, 2.24) is 0 Å². The Morgan fingerprint density at radius 1 is 1.67 bits per heavy atom. The third-order valence-electron chi connectivity index (χ3n) is 1.22. The van der Waals surface area contributed by atoms with Gasteiger partial charge < -0.3 is 0 Å². The summed E-state index contributed by atoms with van der Waals surface area (Å²) in [6.07, 6.45) is 0.815. The molecule has 1 nitrogen and oxygen atoms in total. The van der Waals surface area contributed by atoms with Crippen molar-refractivity contribution in [3.8, 4) is 0 Å². The number of rotatable bonds is 1. The summed E-state index contributed by atoms with van der Waals surface area (Å²) in [5, 5.41) is 0. The minimum absolute atomic E-state index is 0.650. The van der Waals surface area contributed by atoms with Gasteiger partial charge >= 0.3 is 0 Å². The van der Waals surface area contributed by atoms with Crippen molar-refractivity contribution in [1.29, 1.82) is 0 Å². The van der Waals surface area contributed by atoms with E-state index in [1.807, 2.05) is 19.1 Å². The van der Waals surface area contributed by atoms with E-state index >= 15 is 0 Å². The van der Waals surface area contributed by atoms with Crippen molar-refractivity contribution in [3.05, 3.63) is 35.4 Å². The van der Waals surface area contributed by atoms with E-state index in [1.54, 1.807) is 6.07 Å². The summed E-state index contributed by atoms with van der Waals surface area (Å²) >= 11 is 0. The van der Waals surface area contributed by atoms with Gasteiger partial charge in [0.25, 0.3) is 0 Å². The zero-order valence-corrected chi connectivity index (χ0v) is 5.22. The topological polar surface area (TPSA) is 17.1 Å². The third-order valence-corrected chi connectivity index (χ3v) is 1.22. The number of aryl methyl sites for hydroxylation is 1. The normalized spacial score (nSPS) is 9.00. The molecule has 0 unspecified atom stereocenters. The number of carbonyl (C=O) groups is 1. The molecule has 0 saturated carbocycles. The maximum atomic E-state index is 10.2. The van der Waals surface area contributed by atoms with Crippen LogP contribution in [0.2, 0.25) is 0 Å².